The predicted octanol–water partition coefficient (Wildman–Crippen LogP) is 3.02. The van der Waals surface area contributed by atoms with Crippen LogP contribution in [-0.4, -0.2) is 27.7 Å². The van der Waals surface area contributed by atoms with E-state index in [1.807, 2.05) is 6.92 Å². The molecule has 0 saturated carbocycles. The summed E-state index contributed by atoms with van der Waals surface area (Å²) in [5.74, 6) is 0.320. The number of methoxy groups -OCH3 is 1. The van der Waals surface area contributed by atoms with Crippen LogP contribution in [0.25, 0.3) is 0 Å². The molecule has 0 bridgehead atoms. The van der Waals surface area contributed by atoms with E-state index in [2.05, 4.69) is 15.7 Å². The molecule has 0 aliphatic rings. The second-order valence-electron chi connectivity index (χ2n) is 5.71. The standard InChI is InChI=1S/C18H21ClN4O5S/c1-4-7-21-22-18(20)23-27-14-8-12(2)9-15(11-14)28-29(24,25)17-10-13(19)5-6-16(17)26-3/h5-11H,4H2,1-3H3,(H3,20,22,23). The number of aryl methyl sites for hydroxylation is 1. The fourth-order valence-corrected chi connectivity index (χ4v) is 3.50. The van der Waals surface area contributed by atoms with Crippen molar-refractivity contribution in [3.05, 3.63) is 47.0 Å². The zero-order valence-electron chi connectivity index (χ0n) is 16.0. The van der Waals surface area contributed by atoms with Crippen LogP contribution in [0.15, 0.2) is 51.5 Å². The van der Waals surface area contributed by atoms with E-state index in [9.17, 15) is 8.42 Å². The summed E-state index contributed by atoms with van der Waals surface area (Å²) in [6.45, 7) is 3.65. The summed E-state index contributed by atoms with van der Waals surface area (Å²) in [7, 11) is -2.86. The number of nitrogens with zero attached hydrogens (tertiary/aromatic N) is 2. The minimum Gasteiger partial charge on any atom is -0.495 e. The summed E-state index contributed by atoms with van der Waals surface area (Å²) in [6, 6.07) is 8.76. The van der Waals surface area contributed by atoms with Crippen LogP contribution in [0.5, 0.6) is 17.2 Å². The molecule has 9 nitrogen and oxygen atoms in total. The number of guanidine groups is 1. The summed E-state index contributed by atoms with van der Waals surface area (Å²) in [4.78, 5) is 5.11. The second-order valence-corrected chi connectivity index (χ2v) is 7.66. The van der Waals surface area contributed by atoms with E-state index in [-0.39, 0.29) is 33.1 Å². The molecule has 2 aromatic rings. The van der Waals surface area contributed by atoms with E-state index >= 15 is 0 Å². The molecule has 0 aromatic heterocycles. The van der Waals surface area contributed by atoms with E-state index < -0.39 is 10.1 Å². The van der Waals surface area contributed by atoms with Gasteiger partial charge in [0, 0.05) is 17.3 Å². The summed E-state index contributed by atoms with van der Waals surface area (Å²) in [5, 5.41) is 7.61. The average molecular weight is 441 g/mol. The Morgan fingerprint density at radius 3 is 2.66 bits per heavy atom. The maximum Gasteiger partial charge on any atom is 0.342 e. The molecule has 3 N–H and O–H groups in total. The number of hydrogen-bond donors (Lipinski definition) is 2. The SMILES string of the molecule is CCC=NN=C(N)NOc1cc(C)cc(OS(=O)(=O)c2cc(Cl)ccc2OC)c1. The third kappa shape index (κ3) is 6.54. The molecule has 0 spiro atoms. The lowest BCUT2D eigenvalue weighted by Crippen LogP contribution is -2.34. The van der Waals surface area contributed by atoms with Crippen molar-refractivity contribution in [3.8, 4) is 17.2 Å². The van der Waals surface area contributed by atoms with Crippen molar-refractivity contribution < 1.29 is 22.2 Å². The van der Waals surface area contributed by atoms with Crippen LogP contribution in [0.1, 0.15) is 18.9 Å². The Morgan fingerprint density at radius 1 is 1.24 bits per heavy atom. The summed E-state index contributed by atoms with van der Waals surface area (Å²) in [5.41, 5.74) is 8.70. The number of ether oxygens (including phenoxy) is 1. The van der Waals surface area contributed by atoms with Gasteiger partial charge in [-0.05, 0) is 49.2 Å². The molecule has 2 aromatic carbocycles. The Hall–Kier alpha value is -2.98. The smallest absolute Gasteiger partial charge is 0.342 e. The van der Waals surface area contributed by atoms with Crippen LogP contribution in [0.2, 0.25) is 5.02 Å². The van der Waals surface area contributed by atoms with Crippen molar-refractivity contribution in [2.24, 2.45) is 15.9 Å². The highest BCUT2D eigenvalue weighted by Gasteiger charge is 2.23. The van der Waals surface area contributed by atoms with E-state index in [4.69, 9.17) is 31.1 Å². The van der Waals surface area contributed by atoms with E-state index in [1.54, 1.807) is 19.2 Å². The minimum atomic E-state index is -4.21. The third-order valence-corrected chi connectivity index (χ3v) is 4.83. The van der Waals surface area contributed by atoms with Gasteiger partial charge in [-0.15, -0.1) is 5.10 Å². The maximum atomic E-state index is 12.7. The molecule has 156 valence electrons. The monoisotopic (exact) mass is 440 g/mol. The largest absolute Gasteiger partial charge is 0.495 e. The lowest BCUT2D eigenvalue weighted by molar-refractivity contribution is 0.259. The first kappa shape index (κ1) is 22.3. The van der Waals surface area contributed by atoms with Crippen molar-refractivity contribution >= 4 is 33.9 Å². The Labute approximate surface area is 174 Å². The van der Waals surface area contributed by atoms with E-state index in [1.165, 1.54) is 37.4 Å². The van der Waals surface area contributed by atoms with Gasteiger partial charge in [0.1, 0.15) is 16.4 Å². The first-order chi connectivity index (χ1) is 13.7. The molecule has 0 fully saturated rings. The van der Waals surface area contributed by atoms with Gasteiger partial charge in [0.15, 0.2) is 5.75 Å². The first-order valence-electron chi connectivity index (χ1n) is 8.42. The van der Waals surface area contributed by atoms with Crippen molar-refractivity contribution in [3.63, 3.8) is 0 Å². The van der Waals surface area contributed by atoms with Gasteiger partial charge in [-0.2, -0.15) is 19.0 Å². The maximum absolute atomic E-state index is 12.7. The molecule has 0 unspecified atom stereocenters. The minimum absolute atomic E-state index is 0.0309. The van der Waals surface area contributed by atoms with Gasteiger partial charge in [0.25, 0.3) is 0 Å². The van der Waals surface area contributed by atoms with Crippen LogP contribution < -0.4 is 25.0 Å². The van der Waals surface area contributed by atoms with E-state index in [0.29, 0.717) is 12.0 Å². The molecule has 0 atom stereocenters. The number of hydrogen-bond acceptors (Lipinski definition) is 7. The molecule has 11 heteroatoms. The molecule has 0 heterocycles. The number of rotatable bonds is 8. The van der Waals surface area contributed by atoms with Crippen molar-refractivity contribution in [1.82, 2.24) is 5.48 Å². The number of nitrogens with one attached hydrogen (secondary N) is 1. The quantitative estimate of drug-likeness (QED) is 0.279. The van der Waals surface area contributed by atoms with Crippen molar-refractivity contribution in [1.29, 1.82) is 0 Å². The molecule has 0 amide bonds. The summed E-state index contributed by atoms with van der Waals surface area (Å²) in [6.07, 6.45) is 2.28. The number of halogens is 1. The predicted molar refractivity (Wildman–Crippen MR) is 111 cm³/mol. The van der Waals surface area contributed by atoms with Gasteiger partial charge in [-0.1, -0.05) is 18.5 Å². The molecule has 29 heavy (non-hydrogen) atoms. The number of benzene rings is 2. The van der Waals surface area contributed by atoms with Crippen LogP contribution in [-0.2, 0) is 10.1 Å². The average Bonchev–Trinajstić information content (AvgIpc) is 2.66. The summed E-state index contributed by atoms with van der Waals surface area (Å²) >= 11 is 5.91. The summed E-state index contributed by atoms with van der Waals surface area (Å²) < 4.78 is 35.7. The zero-order valence-corrected chi connectivity index (χ0v) is 17.6. The van der Waals surface area contributed by atoms with E-state index in [0.717, 1.165) is 0 Å². The number of hydroxylamine groups is 1. The Morgan fingerprint density at radius 2 is 1.97 bits per heavy atom. The Kier molecular flexibility index (Phi) is 7.68. The van der Waals surface area contributed by atoms with Gasteiger partial charge in [0.05, 0.1) is 7.11 Å². The third-order valence-electron chi connectivity index (χ3n) is 3.33. The molecule has 0 aliphatic heterocycles. The molecular formula is C18H21ClN4O5S. The Balaban J connectivity index is 2.22. The lowest BCUT2D eigenvalue weighted by atomic mass is 10.2. The topological polar surface area (TPSA) is 125 Å². The van der Waals surface area contributed by atoms with Crippen molar-refractivity contribution in [2.45, 2.75) is 25.2 Å². The molecule has 0 saturated heterocycles. The Bertz CT molecular complexity index is 1020. The molecule has 0 radical (unpaired) electrons. The van der Waals surface area contributed by atoms with Crippen molar-refractivity contribution in [2.75, 3.05) is 7.11 Å². The zero-order chi connectivity index (χ0) is 21.4. The first-order valence-corrected chi connectivity index (χ1v) is 10.2. The normalized spacial score (nSPS) is 12.1. The van der Waals surface area contributed by atoms with Crippen LogP contribution in [0.4, 0.5) is 0 Å². The van der Waals surface area contributed by atoms with Crippen LogP contribution >= 0.6 is 11.6 Å². The van der Waals surface area contributed by atoms with Crippen LogP contribution in [0.3, 0.4) is 0 Å². The highest BCUT2D eigenvalue weighted by atomic mass is 35.5. The van der Waals surface area contributed by atoms with Gasteiger partial charge >= 0.3 is 10.1 Å². The highest BCUT2D eigenvalue weighted by Crippen LogP contribution is 2.31. The molecule has 0 aliphatic carbocycles. The second kappa shape index (κ2) is 9.99. The van der Waals surface area contributed by atoms with Crippen LogP contribution in [0, 0.1) is 6.92 Å². The van der Waals surface area contributed by atoms with Gasteiger partial charge in [-0.3, -0.25) is 0 Å². The molecule has 2 rings (SSSR count). The lowest BCUT2D eigenvalue weighted by Gasteiger charge is -2.13. The molecular weight excluding hydrogens is 420 g/mol. The fraction of sp³-hybridized carbons (Fsp3) is 0.222. The van der Waals surface area contributed by atoms with Gasteiger partial charge < -0.3 is 19.5 Å². The fourth-order valence-electron chi connectivity index (χ4n) is 2.15. The highest BCUT2D eigenvalue weighted by molar-refractivity contribution is 7.87. The van der Waals surface area contributed by atoms with Gasteiger partial charge in [0.2, 0.25) is 5.96 Å². The number of nitrogens with two attached hydrogens (primary N) is 1. The van der Waals surface area contributed by atoms with Gasteiger partial charge in [-0.25, -0.2) is 0 Å².